The van der Waals surface area contributed by atoms with Gasteiger partial charge in [-0.2, -0.15) is 23.0 Å². The second kappa shape index (κ2) is 11.8. The Kier molecular flexibility index (Phi) is 8.71. The van der Waals surface area contributed by atoms with Crippen LogP contribution in [0.2, 0.25) is 5.02 Å². The fourth-order valence-corrected chi connectivity index (χ4v) is 3.26. The van der Waals surface area contributed by atoms with Crippen molar-refractivity contribution in [2.45, 2.75) is 19.8 Å². The van der Waals surface area contributed by atoms with Crippen molar-refractivity contribution in [3.63, 3.8) is 0 Å². The van der Waals surface area contributed by atoms with E-state index >= 15 is 0 Å². The van der Waals surface area contributed by atoms with E-state index in [1.54, 1.807) is 0 Å². The molecular weight excluding hydrogens is 554 g/mol. The van der Waals surface area contributed by atoms with Gasteiger partial charge in [-0.05, 0) is 42.8 Å². The van der Waals surface area contributed by atoms with E-state index in [0.29, 0.717) is 22.9 Å². The molecule has 0 aliphatic heterocycles. The molecule has 0 atom stereocenters. The number of hydrogen-bond acceptors (Lipinski definition) is 7. The van der Waals surface area contributed by atoms with Crippen LogP contribution in [-0.4, -0.2) is 32.7 Å². The maximum absolute atomic E-state index is 13.5. The summed E-state index contributed by atoms with van der Waals surface area (Å²) in [6.45, 7) is 0.762. The lowest BCUT2D eigenvalue weighted by atomic mass is 10.1. The van der Waals surface area contributed by atoms with E-state index in [4.69, 9.17) is 21.4 Å². The van der Waals surface area contributed by atoms with E-state index in [9.17, 15) is 36.7 Å². The zero-order chi connectivity index (χ0) is 28.9. The van der Waals surface area contributed by atoms with Gasteiger partial charge in [0.05, 0.1) is 28.0 Å². The Morgan fingerprint density at radius 3 is 2.46 bits per heavy atom. The Hall–Kier alpha value is -4.72. The highest BCUT2D eigenvalue weighted by molar-refractivity contribution is 6.32. The number of esters is 1. The van der Waals surface area contributed by atoms with Gasteiger partial charge in [-0.1, -0.05) is 11.6 Å². The number of anilines is 1. The van der Waals surface area contributed by atoms with E-state index in [-0.39, 0.29) is 17.0 Å². The Labute approximate surface area is 221 Å². The normalized spacial score (nSPS) is 11.3. The van der Waals surface area contributed by atoms with Gasteiger partial charge >= 0.3 is 18.1 Å². The SMILES string of the molecule is Cc1cc(F)ccc1Oc1cc(C(F)(F)F)c(Cl)cc1C(=O)Nc1cnn(COC(=O)/C=C\C(=O)O)c(=O)c1. The number of halogens is 5. The van der Waals surface area contributed by atoms with E-state index in [0.717, 1.165) is 30.5 Å². The molecule has 10 nitrogen and oxygen atoms in total. The molecule has 0 radical (unpaired) electrons. The first-order valence-corrected chi connectivity index (χ1v) is 10.9. The number of aliphatic carboxylic acids is 1. The smallest absolute Gasteiger partial charge is 0.417 e. The first-order chi connectivity index (χ1) is 18.2. The van der Waals surface area contributed by atoms with E-state index in [1.807, 2.05) is 0 Å². The fraction of sp³-hybridized carbons (Fsp3) is 0.125. The molecule has 0 aliphatic carbocycles. The van der Waals surface area contributed by atoms with Crippen molar-refractivity contribution in [3.05, 3.63) is 92.6 Å². The van der Waals surface area contributed by atoms with Crippen LogP contribution in [0.15, 0.2) is 59.5 Å². The zero-order valence-electron chi connectivity index (χ0n) is 19.6. The van der Waals surface area contributed by atoms with Crippen LogP contribution in [0.4, 0.5) is 23.2 Å². The lowest BCUT2D eigenvalue weighted by molar-refractivity contribution is -0.142. The Morgan fingerprint density at radius 2 is 1.85 bits per heavy atom. The summed E-state index contributed by atoms with van der Waals surface area (Å²) in [7, 11) is 0. The van der Waals surface area contributed by atoms with Gasteiger partial charge < -0.3 is 19.9 Å². The third kappa shape index (κ3) is 7.64. The highest BCUT2D eigenvalue weighted by atomic mass is 35.5. The molecular formula is C24H16ClF4N3O7. The van der Waals surface area contributed by atoms with Crippen molar-refractivity contribution >= 4 is 35.1 Å². The van der Waals surface area contributed by atoms with Crippen LogP contribution in [0, 0.1) is 12.7 Å². The number of nitrogens with one attached hydrogen (secondary N) is 1. The van der Waals surface area contributed by atoms with Crippen molar-refractivity contribution < 1.29 is 46.5 Å². The summed E-state index contributed by atoms with van der Waals surface area (Å²) < 4.78 is 64.7. The van der Waals surface area contributed by atoms with Gasteiger partial charge in [0, 0.05) is 18.2 Å². The molecule has 3 rings (SSSR count). The Morgan fingerprint density at radius 1 is 1.13 bits per heavy atom. The van der Waals surface area contributed by atoms with Gasteiger partial charge in [-0.25, -0.2) is 14.0 Å². The number of alkyl halides is 3. The van der Waals surface area contributed by atoms with Gasteiger partial charge in [0.15, 0.2) is 6.73 Å². The highest BCUT2D eigenvalue weighted by Gasteiger charge is 2.35. The number of carbonyl (C=O) groups excluding carboxylic acids is 2. The first-order valence-electron chi connectivity index (χ1n) is 10.6. The number of hydrogen-bond donors (Lipinski definition) is 2. The van der Waals surface area contributed by atoms with Gasteiger partial charge in [-0.15, -0.1) is 0 Å². The summed E-state index contributed by atoms with van der Waals surface area (Å²) in [4.78, 5) is 47.1. The minimum Gasteiger partial charge on any atom is -0.478 e. The summed E-state index contributed by atoms with van der Waals surface area (Å²) in [5, 5.41) is 13.7. The Balaban J connectivity index is 1.87. The lowest BCUT2D eigenvalue weighted by Crippen LogP contribution is -2.25. The van der Waals surface area contributed by atoms with Gasteiger partial charge in [0.2, 0.25) is 0 Å². The average molecular weight is 570 g/mol. The average Bonchev–Trinajstić information content (AvgIpc) is 2.83. The van der Waals surface area contributed by atoms with Crippen LogP contribution in [-0.2, 0) is 27.2 Å². The number of benzene rings is 2. The maximum Gasteiger partial charge on any atom is 0.417 e. The minimum atomic E-state index is -4.89. The highest BCUT2D eigenvalue weighted by Crippen LogP contribution is 2.40. The molecule has 15 heteroatoms. The molecule has 2 aromatic carbocycles. The molecule has 3 aromatic rings. The van der Waals surface area contributed by atoms with Crippen molar-refractivity contribution in [2.24, 2.45) is 0 Å². The number of carboxylic acids is 1. The van der Waals surface area contributed by atoms with Crippen molar-refractivity contribution in [3.8, 4) is 11.5 Å². The molecule has 1 heterocycles. The summed E-state index contributed by atoms with van der Waals surface area (Å²) in [5.41, 5.74) is -2.53. The van der Waals surface area contributed by atoms with Crippen LogP contribution in [0.5, 0.6) is 11.5 Å². The van der Waals surface area contributed by atoms with E-state index in [2.05, 4.69) is 15.2 Å². The van der Waals surface area contributed by atoms with Crippen LogP contribution >= 0.6 is 11.6 Å². The van der Waals surface area contributed by atoms with Gasteiger partial charge in [0.1, 0.15) is 17.3 Å². The van der Waals surface area contributed by atoms with E-state index < -0.39 is 64.0 Å². The molecule has 0 saturated carbocycles. The van der Waals surface area contributed by atoms with E-state index in [1.165, 1.54) is 13.0 Å². The minimum absolute atomic E-state index is 0.0297. The quantitative estimate of drug-likeness (QED) is 0.229. The van der Waals surface area contributed by atoms with Crippen molar-refractivity contribution in [1.29, 1.82) is 0 Å². The van der Waals surface area contributed by atoms with Crippen LogP contribution in [0.25, 0.3) is 0 Å². The molecule has 1 amide bonds. The number of nitrogens with zero attached hydrogens (tertiary/aromatic N) is 2. The number of aryl methyl sites for hydroxylation is 1. The predicted octanol–water partition coefficient (Wildman–Crippen LogP) is 4.55. The number of carboxylic acid groups (broad SMARTS) is 1. The summed E-state index contributed by atoms with van der Waals surface area (Å²) in [6, 6.07) is 5.39. The van der Waals surface area contributed by atoms with Crippen LogP contribution in [0.3, 0.4) is 0 Å². The van der Waals surface area contributed by atoms with Crippen LogP contribution < -0.4 is 15.6 Å². The topological polar surface area (TPSA) is 137 Å². The maximum atomic E-state index is 13.5. The molecule has 2 N–H and O–H groups in total. The number of rotatable bonds is 8. The lowest BCUT2D eigenvalue weighted by Gasteiger charge is -2.17. The largest absolute Gasteiger partial charge is 0.478 e. The molecule has 39 heavy (non-hydrogen) atoms. The predicted molar refractivity (Wildman–Crippen MR) is 127 cm³/mol. The number of ether oxygens (including phenoxy) is 2. The number of aromatic nitrogens is 2. The number of amides is 1. The Bertz CT molecular complexity index is 1540. The van der Waals surface area contributed by atoms with Crippen LogP contribution in [0.1, 0.15) is 21.5 Å². The zero-order valence-corrected chi connectivity index (χ0v) is 20.3. The van der Waals surface area contributed by atoms with Gasteiger partial charge in [0.25, 0.3) is 11.5 Å². The van der Waals surface area contributed by atoms with Gasteiger partial charge in [-0.3, -0.25) is 9.59 Å². The molecule has 0 saturated heterocycles. The second-order valence-electron chi connectivity index (χ2n) is 7.64. The second-order valence-corrected chi connectivity index (χ2v) is 8.05. The number of carbonyl (C=O) groups is 3. The van der Waals surface area contributed by atoms with Crippen molar-refractivity contribution in [1.82, 2.24) is 9.78 Å². The fourth-order valence-electron chi connectivity index (χ4n) is 2.99. The standard InChI is InChI=1S/C24H16ClF4N3O7/c1-12-6-13(26)2-3-18(12)39-19-9-16(24(27,28)29)17(25)8-15(19)23(37)31-14-7-20(33)32(30-10-14)11-38-22(36)5-4-21(34)35/h2-10H,11H2,1H3,(H,31,37)(H,34,35)/b5-4-. The van der Waals surface area contributed by atoms with Crippen molar-refractivity contribution in [2.75, 3.05) is 5.32 Å². The monoisotopic (exact) mass is 569 g/mol. The summed E-state index contributed by atoms with van der Waals surface area (Å²) >= 11 is 5.78. The third-order valence-electron chi connectivity index (χ3n) is 4.79. The molecule has 0 spiro atoms. The third-order valence-corrected chi connectivity index (χ3v) is 5.11. The summed E-state index contributed by atoms with van der Waals surface area (Å²) in [5.74, 6) is -4.67. The molecule has 0 aliphatic rings. The molecule has 204 valence electrons. The first kappa shape index (κ1) is 28.8. The molecule has 0 unspecified atom stereocenters. The molecule has 0 bridgehead atoms. The molecule has 0 fully saturated rings. The molecule has 1 aromatic heterocycles. The summed E-state index contributed by atoms with van der Waals surface area (Å²) in [6.07, 6.45) is -2.76.